The van der Waals surface area contributed by atoms with Gasteiger partial charge in [0.05, 0.1) is 11.4 Å². The number of para-hydroxylation sites is 1. The smallest absolute Gasteiger partial charge is 0.251 e. The summed E-state index contributed by atoms with van der Waals surface area (Å²) in [6, 6.07) is 16.3. The fourth-order valence-corrected chi connectivity index (χ4v) is 3.59. The zero-order chi connectivity index (χ0) is 15.4. The van der Waals surface area contributed by atoms with E-state index in [2.05, 4.69) is 33.5 Å². The van der Waals surface area contributed by atoms with E-state index in [-0.39, 0.29) is 5.91 Å². The maximum Gasteiger partial charge on any atom is 0.251 e. The molecule has 3 N–H and O–H groups in total. The van der Waals surface area contributed by atoms with Crippen LogP contribution in [0.5, 0.6) is 0 Å². The lowest BCUT2D eigenvalue weighted by atomic mass is 10.0. The Kier molecular flexibility index (Phi) is 2.45. The highest BCUT2D eigenvalue weighted by molar-refractivity contribution is 6.10. The standard InChI is InChI=1S/C19H15N3O/c23-19-13-5-3-7-15-17(13)12(8-9-20-19)18(22-15)16-10-11-4-1-2-6-14(11)21-16/h1-7,10,21-22H,8-9H2,(H,20,23). The quantitative estimate of drug-likeness (QED) is 0.494. The molecule has 112 valence electrons. The predicted molar refractivity (Wildman–Crippen MR) is 91.6 cm³/mol. The lowest BCUT2D eigenvalue weighted by Gasteiger charge is -2.01. The topological polar surface area (TPSA) is 60.7 Å². The number of rotatable bonds is 1. The van der Waals surface area contributed by atoms with Gasteiger partial charge in [-0.1, -0.05) is 24.3 Å². The van der Waals surface area contributed by atoms with Crippen molar-refractivity contribution in [2.75, 3.05) is 6.54 Å². The van der Waals surface area contributed by atoms with E-state index >= 15 is 0 Å². The molecule has 4 heteroatoms. The number of aromatic amines is 2. The maximum atomic E-state index is 12.2. The van der Waals surface area contributed by atoms with Crippen molar-refractivity contribution in [1.82, 2.24) is 15.3 Å². The van der Waals surface area contributed by atoms with Crippen molar-refractivity contribution in [3.63, 3.8) is 0 Å². The molecule has 5 rings (SSSR count). The zero-order valence-electron chi connectivity index (χ0n) is 12.4. The molecule has 0 unspecified atom stereocenters. The van der Waals surface area contributed by atoms with Gasteiger partial charge in [0.1, 0.15) is 0 Å². The fourth-order valence-electron chi connectivity index (χ4n) is 3.59. The van der Waals surface area contributed by atoms with Gasteiger partial charge in [-0.2, -0.15) is 0 Å². The molecule has 1 aliphatic heterocycles. The molecule has 0 spiro atoms. The number of carbonyl (C=O) groups is 1. The second-order valence-electron chi connectivity index (χ2n) is 5.98. The number of nitrogens with one attached hydrogen (secondary N) is 3. The van der Waals surface area contributed by atoms with Crippen molar-refractivity contribution in [1.29, 1.82) is 0 Å². The van der Waals surface area contributed by atoms with Crippen molar-refractivity contribution in [3.05, 3.63) is 59.7 Å². The first-order valence-corrected chi connectivity index (χ1v) is 7.81. The monoisotopic (exact) mass is 301 g/mol. The third kappa shape index (κ3) is 1.75. The van der Waals surface area contributed by atoms with E-state index in [1.807, 2.05) is 30.3 Å². The van der Waals surface area contributed by atoms with E-state index in [4.69, 9.17) is 0 Å². The lowest BCUT2D eigenvalue weighted by Crippen LogP contribution is -2.23. The van der Waals surface area contributed by atoms with Gasteiger partial charge in [-0.15, -0.1) is 0 Å². The van der Waals surface area contributed by atoms with Crippen molar-refractivity contribution in [2.24, 2.45) is 0 Å². The van der Waals surface area contributed by atoms with Crippen LogP contribution >= 0.6 is 0 Å². The fraction of sp³-hybridized carbons (Fsp3) is 0.105. The summed E-state index contributed by atoms with van der Waals surface area (Å²) in [5, 5.41) is 5.22. The van der Waals surface area contributed by atoms with Crippen molar-refractivity contribution in [3.8, 4) is 11.4 Å². The summed E-state index contributed by atoms with van der Waals surface area (Å²) in [6.45, 7) is 0.660. The Morgan fingerprint density at radius 1 is 0.913 bits per heavy atom. The minimum absolute atomic E-state index is 0.0107. The van der Waals surface area contributed by atoms with Crippen LogP contribution in [0.25, 0.3) is 33.2 Å². The lowest BCUT2D eigenvalue weighted by molar-refractivity contribution is 0.0957. The van der Waals surface area contributed by atoms with Crippen molar-refractivity contribution >= 4 is 27.7 Å². The van der Waals surface area contributed by atoms with Crippen LogP contribution in [0.1, 0.15) is 15.9 Å². The molecule has 4 aromatic rings. The van der Waals surface area contributed by atoms with Crippen LogP contribution in [0, 0.1) is 0 Å². The molecule has 0 fully saturated rings. The van der Waals surface area contributed by atoms with Crippen LogP contribution in [0.15, 0.2) is 48.5 Å². The molecule has 0 aliphatic carbocycles. The molecule has 0 atom stereocenters. The third-order valence-electron chi connectivity index (χ3n) is 4.63. The highest BCUT2D eigenvalue weighted by atomic mass is 16.1. The molecule has 4 nitrogen and oxygen atoms in total. The molecule has 2 aromatic carbocycles. The van der Waals surface area contributed by atoms with Gasteiger partial charge < -0.3 is 15.3 Å². The van der Waals surface area contributed by atoms with E-state index < -0.39 is 0 Å². The number of fused-ring (bicyclic) bond motifs is 1. The number of amides is 1. The van der Waals surface area contributed by atoms with Gasteiger partial charge in [-0.05, 0) is 36.2 Å². The van der Waals surface area contributed by atoms with Crippen LogP contribution in [0.2, 0.25) is 0 Å². The summed E-state index contributed by atoms with van der Waals surface area (Å²) in [7, 11) is 0. The van der Waals surface area contributed by atoms with Crippen LogP contribution < -0.4 is 5.32 Å². The number of benzene rings is 2. The molecule has 3 heterocycles. The largest absolute Gasteiger partial charge is 0.353 e. The molecule has 0 saturated heterocycles. The summed E-state index contributed by atoms with van der Waals surface area (Å²) in [5.74, 6) is 0.0107. The zero-order valence-corrected chi connectivity index (χ0v) is 12.4. The van der Waals surface area contributed by atoms with Gasteiger partial charge >= 0.3 is 0 Å². The Bertz CT molecular complexity index is 1040. The van der Waals surface area contributed by atoms with Gasteiger partial charge in [0.15, 0.2) is 0 Å². The first kappa shape index (κ1) is 12.5. The Morgan fingerprint density at radius 3 is 2.70 bits per heavy atom. The molecule has 2 aromatic heterocycles. The second kappa shape index (κ2) is 4.49. The number of aromatic nitrogens is 2. The van der Waals surface area contributed by atoms with Gasteiger partial charge in [0.2, 0.25) is 0 Å². The van der Waals surface area contributed by atoms with E-state index in [1.165, 1.54) is 10.9 Å². The highest BCUT2D eigenvalue weighted by Gasteiger charge is 2.22. The van der Waals surface area contributed by atoms with E-state index in [1.54, 1.807) is 0 Å². The van der Waals surface area contributed by atoms with Crippen molar-refractivity contribution < 1.29 is 4.79 Å². The van der Waals surface area contributed by atoms with Crippen LogP contribution in [0.4, 0.5) is 0 Å². The molecule has 1 amide bonds. The summed E-state index contributed by atoms with van der Waals surface area (Å²) >= 11 is 0. The second-order valence-corrected chi connectivity index (χ2v) is 5.98. The molecule has 1 aliphatic rings. The summed E-state index contributed by atoms with van der Waals surface area (Å²) in [5.41, 5.74) is 6.26. The number of hydrogen-bond donors (Lipinski definition) is 3. The molecule has 0 radical (unpaired) electrons. The van der Waals surface area contributed by atoms with Gasteiger partial charge in [-0.3, -0.25) is 4.79 Å². The minimum atomic E-state index is 0.0107. The van der Waals surface area contributed by atoms with Crippen molar-refractivity contribution in [2.45, 2.75) is 6.42 Å². The van der Waals surface area contributed by atoms with Crippen LogP contribution in [-0.4, -0.2) is 22.4 Å². The average Bonchev–Trinajstić information content (AvgIpc) is 3.10. The van der Waals surface area contributed by atoms with Gasteiger partial charge in [0, 0.05) is 33.9 Å². The highest BCUT2D eigenvalue weighted by Crippen LogP contribution is 2.34. The Labute approximate surface area is 132 Å². The summed E-state index contributed by atoms with van der Waals surface area (Å²) < 4.78 is 0. The summed E-state index contributed by atoms with van der Waals surface area (Å²) in [4.78, 5) is 19.2. The Hall–Kier alpha value is -3.01. The molecule has 23 heavy (non-hydrogen) atoms. The molecule has 0 saturated carbocycles. The number of hydrogen-bond acceptors (Lipinski definition) is 1. The maximum absolute atomic E-state index is 12.2. The Balaban J connectivity index is 1.83. The van der Waals surface area contributed by atoms with E-state index in [9.17, 15) is 4.79 Å². The molecule has 0 bridgehead atoms. The predicted octanol–water partition coefficient (Wildman–Crippen LogP) is 3.60. The van der Waals surface area contributed by atoms with E-state index in [0.29, 0.717) is 6.54 Å². The first-order valence-electron chi connectivity index (χ1n) is 7.81. The minimum Gasteiger partial charge on any atom is -0.353 e. The number of carbonyl (C=O) groups excluding carboxylic acids is 1. The SMILES string of the molecule is O=C1NCCc2c(-c3cc4ccccc4[nH]3)[nH]c3cccc1c23. The Morgan fingerprint density at radius 2 is 1.78 bits per heavy atom. The van der Waals surface area contributed by atoms with Gasteiger partial charge in [0.25, 0.3) is 5.91 Å². The van der Waals surface area contributed by atoms with E-state index in [0.717, 1.165) is 39.8 Å². The average molecular weight is 301 g/mol. The number of H-pyrrole nitrogens is 2. The van der Waals surface area contributed by atoms with Gasteiger partial charge in [-0.25, -0.2) is 0 Å². The normalized spacial score (nSPS) is 14.2. The summed E-state index contributed by atoms with van der Waals surface area (Å²) in [6.07, 6.45) is 0.827. The molecular formula is C19H15N3O. The third-order valence-corrected chi connectivity index (χ3v) is 4.63. The van der Waals surface area contributed by atoms with Crippen LogP contribution in [0.3, 0.4) is 0 Å². The first-order chi connectivity index (χ1) is 11.3. The van der Waals surface area contributed by atoms with Crippen LogP contribution in [-0.2, 0) is 6.42 Å². The molecular weight excluding hydrogens is 286 g/mol.